The molecule has 0 aromatic carbocycles. The maximum atomic E-state index is 5.19. The monoisotopic (exact) mass is 225 g/mol. The van der Waals surface area contributed by atoms with Crippen LogP contribution in [0.4, 0.5) is 0 Å². The zero-order chi connectivity index (χ0) is 11.7. The Morgan fingerprint density at radius 2 is 2.00 bits per heavy atom. The molecule has 0 aliphatic rings. The van der Waals surface area contributed by atoms with E-state index in [1.165, 1.54) is 0 Å². The highest BCUT2D eigenvalue weighted by molar-refractivity contribution is 5.62. The van der Waals surface area contributed by atoms with Crippen LogP contribution in [0.3, 0.4) is 0 Å². The molecule has 3 aromatic rings. The molecule has 3 aromatic heterocycles. The highest BCUT2D eigenvalue weighted by Crippen LogP contribution is 2.21. The summed E-state index contributed by atoms with van der Waals surface area (Å²) in [6.07, 6.45) is 7.31. The van der Waals surface area contributed by atoms with E-state index in [9.17, 15) is 0 Å². The van der Waals surface area contributed by atoms with E-state index >= 15 is 0 Å². The lowest BCUT2D eigenvalue weighted by Crippen LogP contribution is -1.90. The molecule has 3 heterocycles. The van der Waals surface area contributed by atoms with Gasteiger partial charge in [0.15, 0.2) is 0 Å². The Bertz CT molecular complexity index is 646. The van der Waals surface area contributed by atoms with Crippen molar-refractivity contribution in [1.29, 1.82) is 0 Å². The minimum absolute atomic E-state index is 0.832. The van der Waals surface area contributed by atoms with Gasteiger partial charge in [-0.25, -0.2) is 4.98 Å². The molecule has 0 amide bonds. The van der Waals surface area contributed by atoms with E-state index in [0.717, 1.165) is 22.7 Å². The van der Waals surface area contributed by atoms with E-state index in [1.807, 2.05) is 41.1 Å². The molecule has 17 heavy (non-hydrogen) atoms. The van der Waals surface area contributed by atoms with Crippen molar-refractivity contribution in [3.63, 3.8) is 0 Å². The summed E-state index contributed by atoms with van der Waals surface area (Å²) in [6.45, 7) is 0. The summed E-state index contributed by atoms with van der Waals surface area (Å²) in [5, 5.41) is 0. The van der Waals surface area contributed by atoms with Gasteiger partial charge in [-0.05, 0) is 18.2 Å². The van der Waals surface area contributed by atoms with E-state index in [-0.39, 0.29) is 0 Å². The second-order valence-corrected chi connectivity index (χ2v) is 3.68. The molecule has 84 valence electrons. The van der Waals surface area contributed by atoms with Crippen LogP contribution in [0.1, 0.15) is 0 Å². The van der Waals surface area contributed by atoms with Gasteiger partial charge in [-0.2, -0.15) is 0 Å². The van der Waals surface area contributed by atoms with E-state index in [0.29, 0.717) is 0 Å². The summed E-state index contributed by atoms with van der Waals surface area (Å²) in [6, 6.07) is 7.76. The molecule has 0 atom stereocenters. The number of methoxy groups -OCH3 is 1. The standard InChI is InChI=1S/C13H11N3O/c1-17-12-4-7-16-11(8-12)9-15-13(16)10-2-5-14-6-3-10/h2-9H,1H3. The van der Waals surface area contributed by atoms with E-state index in [1.54, 1.807) is 19.5 Å². The number of ether oxygens (including phenoxy) is 1. The molecular weight excluding hydrogens is 214 g/mol. The van der Waals surface area contributed by atoms with Crippen LogP contribution in [0, 0.1) is 0 Å². The Labute approximate surface area is 98.5 Å². The van der Waals surface area contributed by atoms with Gasteiger partial charge >= 0.3 is 0 Å². The first kappa shape index (κ1) is 9.84. The number of imidazole rings is 1. The summed E-state index contributed by atoms with van der Waals surface area (Å²) >= 11 is 0. The Morgan fingerprint density at radius 3 is 2.76 bits per heavy atom. The van der Waals surface area contributed by atoms with Crippen molar-refractivity contribution in [3.8, 4) is 17.1 Å². The van der Waals surface area contributed by atoms with E-state index in [2.05, 4.69) is 9.97 Å². The molecule has 0 fully saturated rings. The van der Waals surface area contributed by atoms with Gasteiger partial charge in [-0.3, -0.25) is 9.38 Å². The predicted molar refractivity (Wildman–Crippen MR) is 65.0 cm³/mol. The van der Waals surface area contributed by atoms with Crippen LogP contribution >= 0.6 is 0 Å². The molecule has 0 N–H and O–H groups in total. The van der Waals surface area contributed by atoms with Crippen LogP contribution in [0.15, 0.2) is 49.1 Å². The van der Waals surface area contributed by atoms with Crippen molar-refractivity contribution in [2.75, 3.05) is 7.11 Å². The van der Waals surface area contributed by atoms with E-state index in [4.69, 9.17) is 4.74 Å². The molecule has 0 unspecified atom stereocenters. The molecule has 0 radical (unpaired) electrons. The minimum atomic E-state index is 0.832. The van der Waals surface area contributed by atoms with Crippen LogP contribution in [0.2, 0.25) is 0 Å². The number of hydrogen-bond acceptors (Lipinski definition) is 3. The fourth-order valence-electron chi connectivity index (χ4n) is 1.82. The lowest BCUT2D eigenvalue weighted by molar-refractivity contribution is 0.414. The van der Waals surface area contributed by atoms with E-state index < -0.39 is 0 Å². The maximum Gasteiger partial charge on any atom is 0.144 e. The number of hydrogen-bond donors (Lipinski definition) is 0. The van der Waals surface area contributed by atoms with Crippen molar-refractivity contribution in [1.82, 2.24) is 14.4 Å². The van der Waals surface area contributed by atoms with Gasteiger partial charge in [0, 0.05) is 30.2 Å². The molecule has 0 bridgehead atoms. The fourth-order valence-corrected chi connectivity index (χ4v) is 1.82. The SMILES string of the molecule is COc1ccn2c(-c3ccncc3)ncc2c1. The normalized spacial score (nSPS) is 10.6. The molecule has 0 saturated carbocycles. The minimum Gasteiger partial charge on any atom is -0.497 e. The Balaban J connectivity index is 2.19. The third-order valence-electron chi connectivity index (χ3n) is 2.68. The van der Waals surface area contributed by atoms with Crippen molar-refractivity contribution < 1.29 is 4.74 Å². The van der Waals surface area contributed by atoms with Gasteiger partial charge in [0.1, 0.15) is 11.6 Å². The smallest absolute Gasteiger partial charge is 0.144 e. The van der Waals surface area contributed by atoms with Gasteiger partial charge in [-0.15, -0.1) is 0 Å². The van der Waals surface area contributed by atoms with Crippen LogP contribution in [-0.4, -0.2) is 21.5 Å². The zero-order valence-corrected chi connectivity index (χ0v) is 9.37. The number of fused-ring (bicyclic) bond motifs is 1. The summed E-state index contributed by atoms with van der Waals surface area (Å²) in [5.74, 6) is 1.74. The highest BCUT2D eigenvalue weighted by atomic mass is 16.5. The summed E-state index contributed by atoms with van der Waals surface area (Å²) in [4.78, 5) is 8.43. The lowest BCUT2D eigenvalue weighted by atomic mass is 10.2. The maximum absolute atomic E-state index is 5.19. The average molecular weight is 225 g/mol. The van der Waals surface area contributed by atoms with Gasteiger partial charge in [0.25, 0.3) is 0 Å². The van der Waals surface area contributed by atoms with Crippen molar-refractivity contribution >= 4 is 5.52 Å². The molecule has 0 spiro atoms. The second-order valence-electron chi connectivity index (χ2n) is 3.68. The third kappa shape index (κ3) is 1.63. The summed E-state index contributed by atoms with van der Waals surface area (Å²) < 4.78 is 7.21. The summed E-state index contributed by atoms with van der Waals surface area (Å²) in [7, 11) is 1.66. The highest BCUT2D eigenvalue weighted by Gasteiger charge is 2.06. The van der Waals surface area contributed by atoms with Crippen LogP contribution < -0.4 is 4.74 Å². The van der Waals surface area contributed by atoms with Gasteiger partial charge < -0.3 is 4.74 Å². The Morgan fingerprint density at radius 1 is 1.18 bits per heavy atom. The van der Waals surface area contributed by atoms with Gasteiger partial charge in [0.2, 0.25) is 0 Å². The van der Waals surface area contributed by atoms with Crippen molar-refractivity contribution in [2.45, 2.75) is 0 Å². The number of aromatic nitrogens is 3. The largest absolute Gasteiger partial charge is 0.497 e. The zero-order valence-electron chi connectivity index (χ0n) is 9.37. The molecule has 3 rings (SSSR count). The number of pyridine rings is 2. The third-order valence-corrected chi connectivity index (χ3v) is 2.68. The quantitative estimate of drug-likeness (QED) is 0.672. The lowest BCUT2D eigenvalue weighted by Gasteiger charge is -2.03. The molecular formula is C13H11N3O. The summed E-state index contributed by atoms with van der Waals surface area (Å²) in [5.41, 5.74) is 2.06. The second kappa shape index (κ2) is 3.90. The fraction of sp³-hybridized carbons (Fsp3) is 0.0769. The predicted octanol–water partition coefficient (Wildman–Crippen LogP) is 2.40. The first-order valence-corrected chi connectivity index (χ1v) is 5.30. The molecule has 4 heteroatoms. The number of nitrogens with zero attached hydrogens (tertiary/aromatic N) is 3. The topological polar surface area (TPSA) is 39.4 Å². The van der Waals surface area contributed by atoms with Gasteiger partial charge in [0.05, 0.1) is 18.8 Å². The Hall–Kier alpha value is -2.36. The first-order chi connectivity index (χ1) is 8.38. The van der Waals surface area contributed by atoms with Crippen LogP contribution in [0.5, 0.6) is 5.75 Å². The molecule has 4 nitrogen and oxygen atoms in total. The van der Waals surface area contributed by atoms with Gasteiger partial charge in [-0.1, -0.05) is 0 Å². The van der Waals surface area contributed by atoms with Crippen molar-refractivity contribution in [2.24, 2.45) is 0 Å². The first-order valence-electron chi connectivity index (χ1n) is 5.30. The van der Waals surface area contributed by atoms with Crippen LogP contribution in [0.25, 0.3) is 16.9 Å². The average Bonchev–Trinajstić information content (AvgIpc) is 2.82. The van der Waals surface area contributed by atoms with Crippen molar-refractivity contribution in [3.05, 3.63) is 49.1 Å². The number of rotatable bonds is 2. The molecule has 0 saturated heterocycles. The molecule has 0 aliphatic heterocycles. The van der Waals surface area contributed by atoms with Crippen LogP contribution in [-0.2, 0) is 0 Å². The molecule has 0 aliphatic carbocycles. The Kier molecular flexibility index (Phi) is 2.26.